The smallest absolute Gasteiger partial charge is 0.315 e. The van der Waals surface area contributed by atoms with Gasteiger partial charge < -0.3 is 20.3 Å². The molecule has 0 aliphatic heterocycles. The summed E-state index contributed by atoms with van der Waals surface area (Å²) in [6.07, 6.45) is 0. The minimum atomic E-state index is -0.235. The van der Waals surface area contributed by atoms with E-state index in [2.05, 4.69) is 10.6 Å². The molecular weight excluding hydrogens is 338 g/mol. The fourth-order valence-corrected chi connectivity index (χ4v) is 2.78. The van der Waals surface area contributed by atoms with Crippen molar-refractivity contribution < 1.29 is 9.53 Å². The summed E-state index contributed by atoms with van der Waals surface area (Å²) in [7, 11) is 5.59. The minimum absolute atomic E-state index is 0.00205. The van der Waals surface area contributed by atoms with Gasteiger partial charge in [0, 0.05) is 23.7 Å². The number of hydrogen-bond acceptors (Lipinski definition) is 3. The molecule has 2 N–H and O–H groups in total. The maximum Gasteiger partial charge on any atom is 0.315 e. The van der Waals surface area contributed by atoms with Crippen LogP contribution in [0.3, 0.4) is 0 Å². The molecule has 0 fully saturated rings. The summed E-state index contributed by atoms with van der Waals surface area (Å²) in [5.41, 5.74) is 1.91. The molecule has 0 spiro atoms. The monoisotopic (exact) mass is 361 g/mol. The number of para-hydroxylation sites is 1. The minimum Gasteiger partial charge on any atom is -0.496 e. The van der Waals surface area contributed by atoms with Crippen molar-refractivity contribution >= 4 is 17.6 Å². The lowest BCUT2D eigenvalue weighted by atomic mass is 10.0. The molecular formula is C19H24ClN3O2. The van der Waals surface area contributed by atoms with Crippen LogP contribution in [0.5, 0.6) is 5.75 Å². The summed E-state index contributed by atoms with van der Waals surface area (Å²) in [6.45, 7) is 0.842. The average molecular weight is 362 g/mol. The summed E-state index contributed by atoms with van der Waals surface area (Å²) in [6, 6.07) is 15.0. The average Bonchev–Trinajstić information content (AvgIpc) is 2.61. The van der Waals surface area contributed by atoms with Crippen LogP contribution in [0.2, 0.25) is 5.02 Å². The normalized spacial score (nSPS) is 11.9. The van der Waals surface area contributed by atoms with Gasteiger partial charge in [-0.3, -0.25) is 0 Å². The number of likely N-dealkylation sites (N-methyl/N-ethyl adjacent to an activating group) is 1. The summed E-state index contributed by atoms with van der Waals surface area (Å²) < 4.78 is 5.43. The Morgan fingerprint density at radius 1 is 1.12 bits per heavy atom. The number of methoxy groups -OCH3 is 1. The van der Waals surface area contributed by atoms with Gasteiger partial charge >= 0.3 is 6.03 Å². The van der Waals surface area contributed by atoms with E-state index in [0.29, 0.717) is 18.1 Å². The third-order valence-electron chi connectivity index (χ3n) is 3.97. The number of nitrogens with one attached hydrogen (secondary N) is 2. The number of carbonyl (C=O) groups is 1. The quantitative estimate of drug-likeness (QED) is 0.794. The highest BCUT2D eigenvalue weighted by atomic mass is 35.5. The summed E-state index contributed by atoms with van der Waals surface area (Å²) in [4.78, 5) is 14.2. The number of carbonyl (C=O) groups excluding carboxylic acids is 1. The number of halogens is 1. The van der Waals surface area contributed by atoms with Crippen LogP contribution in [0.1, 0.15) is 17.2 Å². The molecule has 0 saturated carbocycles. The van der Waals surface area contributed by atoms with Gasteiger partial charge in [0.1, 0.15) is 5.75 Å². The molecule has 0 saturated heterocycles. The number of benzene rings is 2. The van der Waals surface area contributed by atoms with Crippen LogP contribution < -0.4 is 15.4 Å². The Balaban J connectivity index is 1.95. The van der Waals surface area contributed by atoms with Gasteiger partial charge in [0.25, 0.3) is 0 Å². The van der Waals surface area contributed by atoms with Crippen LogP contribution in [-0.2, 0) is 6.54 Å². The van der Waals surface area contributed by atoms with Gasteiger partial charge in [0.15, 0.2) is 0 Å². The lowest BCUT2D eigenvalue weighted by Gasteiger charge is -2.26. The van der Waals surface area contributed by atoms with Crippen molar-refractivity contribution in [2.24, 2.45) is 0 Å². The van der Waals surface area contributed by atoms with E-state index in [-0.39, 0.29) is 12.1 Å². The first-order valence-corrected chi connectivity index (χ1v) is 8.45. The summed E-state index contributed by atoms with van der Waals surface area (Å²) >= 11 is 6.10. The second-order valence-corrected chi connectivity index (χ2v) is 6.28. The lowest BCUT2D eigenvalue weighted by Crippen LogP contribution is -2.40. The summed E-state index contributed by atoms with van der Waals surface area (Å²) in [5.74, 6) is 0.805. The molecule has 25 heavy (non-hydrogen) atoms. The Hall–Kier alpha value is -2.24. The van der Waals surface area contributed by atoms with Crippen molar-refractivity contribution in [3.8, 4) is 5.75 Å². The molecule has 0 radical (unpaired) electrons. The van der Waals surface area contributed by atoms with Crippen molar-refractivity contribution in [1.82, 2.24) is 15.5 Å². The van der Waals surface area contributed by atoms with Crippen LogP contribution in [0.4, 0.5) is 4.79 Å². The Kier molecular flexibility index (Phi) is 7.10. The molecule has 2 aromatic carbocycles. The molecule has 134 valence electrons. The zero-order chi connectivity index (χ0) is 18.2. The standard InChI is InChI=1S/C19H24ClN3O2/c1-23(2)17(15-9-5-7-11-18(15)25-3)13-22-19(24)21-12-14-8-4-6-10-16(14)20/h4-11,17H,12-13H2,1-3H3,(H2,21,22,24). The number of amides is 2. The number of rotatable bonds is 7. The molecule has 0 aliphatic carbocycles. The van der Waals surface area contributed by atoms with E-state index in [0.717, 1.165) is 16.9 Å². The highest BCUT2D eigenvalue weighted by molar-refractivity contribution is 6.31. The molecule has 2 rings (SSSR count). The van der Waals surface area contributed by atoms with Crippen molar-refractivity contribution in [3.05, 3.63) is 64.7 Å². The van der Waals surface area contributed by atoms with Gasteiger partial charge in [0.05, 0.1) is 13.2 Å². The van der Waals surface area contributed by atoms with Gasteiger partial charge in [-0.05, 0) is 31.8 Å². The molecule has 2 amide bonds. The molecule has 6 heteroatoms. The zero-order valence-corrected chi connectivity index (χ0v) is 15.5. The van der Waals surface area contributed by atoms with Crippen LogP contribution in [-0.4, -0.2) is 38.7 Å². The lowest BCUT2D eigenvalue weighted by molar-refractivity contribution is 0.231. The topological polar surface area (TPSA) is 53.6 Å². The first-order chi connectivity index (χ1) is 12.0. The first-order valence-electron chi connectivity index (χ1n) is 8.07. The van der Waals surface area contributed by atoms with E-state index in [1.165, 1.54) is 0 Å². The summed E-state index contributed by atoms with van der Waals surface area (Å²) in [5, 5.41) is 6.38. The van der Waals surface area contributed by atoms with Crippen LogP contribution in [0.15, 0.2) is 48.5 Å². The second kappa shape index (κ2) is 9.30. The van der Waals surface area contributed by atoms with Crippen molar-refractivity contribution in [3.63, 3.8) is 0 Å². The molecule has 0 heterocycles. The van der Waals surface area contributed by atoms with Crippen LogP contribution in [0, 0.1) is 0 Å². The molecule has 1 unspecified atom stereocenters. The van der Waals surface area contributed by atoms with E-state index >= 15 is 0 Å². The zero-order valence-electron chi connectivity index (χ0n) is 14.8. The highest BCUT2D eigenvalue weighted by Crippen LogP contribution is 2.27. The Morgan fingerprint density at radius 2 is 1.80 bits per heavy atom. The molecule has 5 nitrogen and oxygen atoms in total. The molecule has 0 aromatic heterocycles. The number of nitrogens with zero attached hydrogens (tertiary/aromatic N) is 1. The van der Waals surface area contributed by atoms with Crippen molar-refractivity contribution in [2.75, 3.05) is 27.7 Å². The van der Waals surface area contributed by atoms with Gasteiger partial charge in [-0.15, -0.1) is 0 Å². The van der Waals surface area contributed by atoms with Gasteiger partial charge in [0.2, 0.25) is 0 Å². The predicted molar refractivity (Wildman–Crippen MR) is 101 cm³/mol. The Labute approximate surface area is 153 Å². The van der Waals surface area contributed by atoms with E-state index < -0.39 is 0 Å². The van der Waals surface area contributed by atoms with E-state index in [4.69, 9.17) is 16.3 Å². The van der Waals surface area contributed by atoms with E-state index in [9.17, 15) is 4.79 Å². The Bertz CT molecular complexity index is 707. The van der Waals surface area contributed by atoms with Crippen LogP contribution in [0.25, 0.3) is 0 Å². The van der Waals surface area contributed by atoms with Gasteiger partial charge in [-0.2, -0.15) is 0 Å². The number of hydrogen-bond donors (Lipinski definition) is 2. The molecule has 0 aliphatic rings. The van der Waals surface area contributed by atoms with E-state index in [1.807, 2.05) is 61.5 Å². The maximum atomic E-state index is 12.1. The fraction of sp³-hybridized carbons (Fsp3) is 0.316. The second-order valence-electron chi connectivity index (χ2n) is 5.88. The van der Waals surface area contributed by atoms with Crippen molar-refractivity contribution in [1.29, 1.82) is 0 Å². The maximum absolute atomic E-state index is 12.1. The number of ether oxygens (including phenoxy) is 1. The molecule has 2 aromatic rings. The molecule has 0 bridgehead atoms. The Morgan fingerprint density at radius 3 is 2.48 bits per heavy atom. The third kappa shape index (κ3) is 5.37. The first kappa shape index (κ1) is 19.1. The number of urea groups is 1. The third-order valence-corrected chi connectivity index (χ3v) is 4.34. The van der Waals surface area contributed by atoms with E-state index in [1.54, 1.807) is 13.2 Å². The van der Waals surface area contributed by atoms with Crippen LogP contribution >= 0.6 is 11.6 Å². The van der Waals surface area contributed by atoms with Gasteiger partial charge in [-0.1, -0.05) is 48.0 Å². The predicted octanol–water partition coefficient (Wildman–Crippen LogP) is 3.45. The van der Waals surface area contributed by atoms with Gasteiger partial charge in [-0.25, -0.2) is 4.79 Å². The molecule has 1 atom stereocenters. The SMILES string of the molecule is COc1ccccc1C(CNC(=O)NCc1ccccc1Cl)N(C)C. The van der Waals surface area contributed by atoms with Crippen molar-refractivity contribution in [2.45, 2.75) is 12.6 Å². The largest absolute Gasteiger partial charge is 0.496 e. The fourth-order valence-electron chi connectivity index (χ4n) is 2.58. The highest BCUT2D eigenvalue weighted by Gasteiger charge is 2.18.